The van der Waals surface area contributed by atoms with Gasteiger partial charge in [-0.15, -0.1) is 0 Å². The number of aromatic nitrogens is 1. The van der Waals surface area contributed by atoms with Crippen molar-refractivity contribution in [3.05, 3.63) is 23.9 Å². The van der Waals surface area contributed by atoms with Gasteiger partial charge in [0.05, 0.1) is 5.69 Å². The first-order valence-electron chi connectivity index (χ1n) is 3.57. The fourth-order valence-corrected chi connectivity index (χ4v) is 0.821. The minimum Gasteiger partial charge on any atom is -0.398 e. The molecular weight excluding hydrogens is 170 g/mol. The first kappa shape index (κ1) is 9.18. The largest absolute Gasteiger partial charge is 0.398 e. The molecule has 13 heavy (non-hydrogen) atoms. The second kappa shape index (κ2) is 4.20. The van der Waals surface area contributed by atoms with Crippen molar-refractivity contribution in [3.63, 3.8) is 0 Å². The molecule has 0 amide bonds. The van der Waals surface area contributed by atoms with E-state index in [2.05, 4.69) is 15.0 Å². The van der Waals surface area contributed by atoms with Gasteiger partial charge in [-0.05, 0) is 12.1 Å². The van der Waals surface area contributed by atoms with Crippen molar-refractivity contribution in [1.82, 2.24) is 4.98 Å². The Morgan fingerprint density at radius 3 is 3.00 bits per heavy atom. The Hall–Kier alpha value is -1.91. The molecule has 2 N–H and O–H groups in total. The van der Waals surface area contributed by atoms with E-state index >= 15 is 0 Å². The average Bonchev–Trinajstić information content (AvgIpc) is 2.14. The van der Waals surface area contributed by atoms with Gasteiger partial charge in [-0.2, -0.15) is 0 Å². The van der Waals surface area contributed by atoms with Gasteiger partial charge in [-0.3, -0.25) is 4.79 Å². The fraction of sp³-hybridized carbons (Fsp3) is 0.125. The fourth-order valence-electron chi connectivity index (χ4n) is 0.821. The highest BCUT2D eigenvalue weighted by atomic mass is 16.6. The van der Waals surface area contributed by atoms with Crippen LogP contribution in [0.2, 0.25) is 0 Å². The molecule has 5 nitrogen and oxygen atoms in total. The highest BCUT2D eigenvalue weighted by molar-refractivity contribution is 6.35. The van der Waals surface area contributed by atoms with Gasteiger partial charge < -0.3 is 10.6 Å². The van der Waals surface area contributed by atoms with Crippen LogP contribution in [0, 0.1) is 0 Å². The number of oxime groups is 1. The molecule has 1 aromatic heterocycles. The molecule has 1 heterocycles. The number of rotatable bonds is 3. The molecule has 0 unspecified atom stereocenters. The van der Waals surface area contributed by atoms with Crippen LogP contribution in [0.5, 0.6) is 0 Å². The SMILES string of the molecule is CO/N=C(/C=O)c1cccc(N)n1. The van der Waals surface area contributed by atoms with E-state index in [1.54, 1.807) is 18.2 Å². The molecule has 5 heteroatoms. The summed E-state index contributed by atoms with van der Waals surface area (Å²) in [7, 11) is 1.36. The molecular formula is C8H9N3O2. The lowest BCUT2D eigenvalue weighted by molar-refractivity contribution is -0.102. The Morgan fingerprint density at radius 2 is 2.46 bits per heavy atom. The maximum Gasteiger partial charge on any atom is 0.174 e. The summed E-state index contributed by atoms with van der Waals surface area (Å²) < 4.78 is 0. The molecule has 0 bridgehead atoms. The first-order valence-corrected chi connectivity index (χ1v) is 3.57. The zero-order chi connectivity index (χ0) is 9.68. The summed E-state index contributed by atoms with van der Waals surface area (Å²) in [5, 5.41) is 3.48. The molecule has 0 saturated heterocycles. The van der Waals surface area contributed by atoms with E-state index in [1.807, 2.05) is 0 Å². The van der Waals surface area contributed by atoms with Gasteiger partial charge in [-0.1, -0.05) is 11.2 Å². The molecule has 68 valence electrons. The minimum atomic E-state index is 0.120. The van der Waals surface area contributed by atoms with Crippen molar-refractivity contribution in [2.45, 2.75) is 0 Å². The van der Waals surface area contributed by atoms with Crippen LogP contribution < -0.4 is 5.73 Å². The van der Waals surface area contributed by atoms with Gasteiger partial charge in [0.1, 0.15) is 12.9 Å². The molecule has 0 spiro atoms. The number of nitrogens with two attached hydrogens (primary N) is 1. The summed E-state index contributed by atoms with van der Waals surface area (Å²) in [6.45, 7) is 0. The number of carbonyl (C=O) groups is 1. The van der Waals surface area contributed by atoms with Crippen LogP contribution >= 0.6 is 0 Å². The van der Waals surface area contributed by atoms with Crippen LogP contribution in [0.25, 0.3) is 0 Å². The van der Waals surface area contributed by atoms with E-state index < -0.39 is 0 Å². The number of carbonyl (C=O) groups excluding carboxylic acids is 1. The predicted molar refractivity (Wildman–Crippen MR) is 48.3 cm³/mol. The van der Waals surface area contributed by atoms with Crippen molar-refractivity contribution < 1.29 is 9.63 Å². The predicted octanol–water partition coefficient (Wildman–Crippen LogP) is 0.213. The van der Waals surface area contributed by atoms with Crippen LogP contribution in [0.1, 0.15) is 5.69 Å². The molecule has 0 aliphatic carbocycles. The average molecular weight is 179 g/mol. The molecule has 0 atom stereocenters. The normalized spacial score (nSPS) is 11.0. The quantitative estimate of drug-likeness (QED) is 0.409. The number of hydrogen-bond donors (Lipinski definition) is 1. The van der Waals surface area contributed by atoms with E-state index in [0.29, 0.717) is 17.8 Å². The Balaban J connectivity index is 3.05. The van der Waals surface area contributed by atoms with Crippen molar-refractivity contribution in [1.29, 1.82) is 0 Å². The lowest BCUT2D eigenvalue weighted by atomic mass is 10.2. The molecule has 0 radical (unpaired) electrons. The van der Waals surface area contributed by atoms with E-state index in [-0.39, 0.29) is 5.71 Å². The Kier molecular flexibility index (Phi) is 2.97. The van der Waals surface area contributed by atoms with Crippen molar-refractivity contribution >= 4 is 17.8 Å². The van der Waals surface area contributed by atoms with Gasteiger partial charge in [-0.25, -0.2) is 4.98 Å². The van der Waals surface area contributed by atoms with Gasteiger partial charge >= 0.3 is 0 Å². The van der Waals surface area contributed by atoms with Gasteiger partial charge in [0, 0.05) is 0 Å². The second-order valence-corrected chi connectivity index (χ2v) is 2.22. The minimum absolute atomic E-state index is 0.120. The standard InChI is InChI=1S/C8H9N3O2/c1-13-11-7(5-12)6-3-2-4-8(9)10-6/h2-5H,1H3,(H2,9,10)/b11-7-. The van der Waals surface area contributed by atoms with Crippen LogP contribution in [-0.2, 0) is 9.63 Å². The Morgan fingerprint density at radius 1 is 1.69 bits per heavy atom. The third kappa shape index (κ3) is 2.26. The summed E-state index contributed by atoms with van der Waals surface area (Å²) >= 11 is 0. The smallest absolute Gasteiger partial charge is 0.174 e. The Labute approximate surface area is 75.2 Å². The van der Waals surface area contributed by atoms with Crippen molar-refractivity contribution in [2.24, 2.45) is 5.16 Å². The Bertz CT molecular complexity index is 336. The molecule has 0 aliphatic heterocycles. The zero-order valence-electron chi connectivity index (χ0n) is 7.10. The number of anilines is 1. The molecule has 0 saturated carbocycles. The number of hydrogen-bond acceptors (Lipinski definition) is 5. The van der Waals surface area contributed by atoms with E-state index in [1.165, 1.54) is 7.11 Å². The number of nitrogen functional groups attached to an aromatic ring is 1. The molecule has 1 aromatic rings. The summed E-state index contributed by atoms with van der Waals surface area (Å²) in [6.07, 6.45) is 0.561. The molecule has 0 aromatic carbocycles. The van der Waals surface area contributed by atoms with Crippen LogP contribution in [-0.4, -0.2) is 24.1 Å². The lowest BCUT2D eigenvalue weighted by Gasteiger charge is -1.98. The summed E-state index contributed by atoms with van der Waals surface area (Å²) in [6, 6.07) is 4.94. The maximum atomic E-state index is 10.5. The highest BCUT2D eigenvalue weighted by Crippen LogP contribution is 2.01. The molecule has 0 fully saturated rings. The van der Waals surface area contributed by atoms with Gasteiger partial charge in [0.2, 0.25) is 0 Å². The van der Waals surface area contributed by atoms with Crippen LogP contribution in [0.15, 0.2) is 23.4 Å². The number of aldehydes is 1. The van der Waals surface area contributed by atoms with Gasteiger partial charge in [0.25, 0.3) is 0 Å². The van der Waals surface area contributed by atoms with Crippen molar-refractivity contribution in [3.8, 4) is 0 Å². The van der Waals surface area contributed by atoms with Gasteiger partial charge in [0.15, 0.2) is 12.0 Å². The van der Waals surface area contributed by atoms with E-state index in [0.717, 1.165) is 0 Å². The number of pyridine rings is 1. The van der Waals surface area contributed by atoms with Crippen molar-refractivity contribution in [2.75, 3.05) is 12.8 Å². The van der Waals surface area contributed by atoms with Crippen LogP contribution in [0.4, 0.5) is 5.82 Å². The number of nitrogens with zero attached hydrogens (tertiary/aromatic N) is 2. The zero-order valence-corrected chi connectivity index (χ0v) is 7.10. The molecule has 0 aliphatic rings. The highest BCUT2D eigenvalue weighted by Gasteiger charge is 2.03. The summed E-state index contributed by atoms with van der Waals surface area (Å²) in [5.41, 5.74) is 5.94. The second-order valence-electron chi connectivity index (χ2n) is 2.22. The van der Waals surface area contributed by atoms with Crippen LogP contribution in [0.3, 0.4) is 0 Å². The van der Waals surface area contributed by atoms with E-state index in [4.69, 9.17) is 5.73 Å². The summed E-state index contributed by atoms with van der Waals surface area (Å²) in [4.78, 5) is 18.9. The molecule has 1 rings (SSSR count). The lowest BCUT2D eigenvalue weighted by Crippen LogP contribution is -2.06. The monoisotopic (exact) mass is 179 g/mol. The third-order valence-electron chi connectivity index (χ3n) is 1.33. The third-order valence-corrected chi connectivity index (χ3v) is 1.33. The topological polar surface area (TPSA) is 77.6 Å². The summed E-state index contributed by atoms with van der Waals surface area (Å²) in [5.74, 6) is 0.336. The van der Waals surface area contributed by atoms with E-state index in [9.17, 15) is 4.79 Å². The maximum absolute atomic E-state index is 10.5. The first-order chi connectivity index (χ1) is 6.27.